The summed E-state index contributed by atoms with van der Waals surface area (Å²) in [6.45, 7) is 1.44. The molecule has 0 aliphatic heterocycles. The van der Waals surface area contributed by atoms with E-state index in [1.54, 1.807) is 14.1 Å². The average molecular weight is 428 g/mol. The fraction of sp³-hybridized carbons (Fsp3) is 0.409. The Hall–Kier alpha value is -3.01. The molecule has 31 heavy (non-hydrogen) atoms. The van der Waals surface area contributed by atoms with Gasteiger partial charge in [0.05, 0.1) is 22.8 Å². The van der Waals surface area contributed by atoms with Crippen LogP contribution in [0.5, 0.6) is 5.75 Å². The molecule has 0 saturated heterocycles. The fourth-order valence-corrected chi connectivity index (χ4v) is 5.43. The molecule has 1 aromatic carbocycles. The highest BCUT2D eigenvalue weighted by molar-refractivity contribution is 6.20. The van der Waals surface area contributed by atoms with Crippen LogP contribution in [-0.2, 0) is 15.2 Å². The first-order valence-corrected chi connectivity index (χ1v) is 9.80. The monoisotopic (exact) mass is 428 g/mol. The zero-order valence-corrected chi connectivity index (χ0v) is 17.2. The van der Waals surface area contributed by atoms with Crippen LogP contribution in [0.1, 0.15) is 24.5 Å². The first-order valence-electron chi connectivity index (χ1n) is 9.80. The topological polar surface area (TPSA) is 162 Å². The Kier molecular flexibility index (Phi) is 4.45. The summed E-state index contributed by atoms with van der Waals surface area (Å²) in [7, 11) is 3.15. The molecule has 9 heteroatoms. The molecular weight excluding hydrogens is 404 g/mol. The lowest BCUT2D eigenvalue weighted by atomic mass is 9.54. The summed E-state index contributed by atoms with van der Waals surface area (Å²) >= 11 is 0. The van der Waals surface area contributed by atoms with Gasteiger partial charge in [0.1, 0.15) is 17.3 Å². The van der Waals surface area contributed by atoms with Gasteiger partial charge in [0, 0.05) is 23.6 Å². The quantitative estimate of drug-likeness (QED) is 0.377. The Bertz CT molecular complexity index is 1100. The minimum Gasteiger partial charge on any atom is -0.508 e. The standard InChI is InChI=1S/C22H24N2O7/c1-21(30)10-5-4-6-13(25)14(10)18(27)15-11(21)7-12-16(24(2)3)17(26)9(8-23)19(28)22(12,31)20(15)29/h4-6,8,11-12,16,23,25,27-28,30-31H,7H2,1-3H3/t11?,12-,16-,21+,22+/m0/s1. The van der Waals surface area contributed by atoms with E-state index < -0.39 is 57.7 Å². The maximum atomic E-state index is 13.6. The predicted molar refractivity (Wildman–Crippen MR) is 110 cm³/mol. The van der Waals surface area contributed by atoms with Gasteiger partial charge in [0.25, 0.3) is 0 Å². The number of aromatic hydroxyl groups is 1. The van der Waals surface area contributed by atoms with Gasteiger partial charge in [0.15, 0.2) is 11.4 Å². The number of aliphatic hydroxyl groups excluding tert-OH is 2. The van der Waals surface area contributed by atoms with Crippen LogP contribution < -0.4 is 0 Å². The lowest BCUT2D eigenvalue weighted by molar-refractivity contribution is -0.158. The van der Waals surface area contributed by atoms with Crippen LogP contribution in [0.4, 0.5) is 0 Å². The molecule has 0 spiro atoms. The number of phenols is 1. The molecule has 0 amide bonds. The molecule has 9 nitrogen and oxygen atoms in total. The van der Waals surface area contributed by atoms with Crippen molar-refractivity contribution in [3.63, 3.8) is 0 Å². The second kappa shape index (κ2) is 6.49. The number of fused-ring (bicyclic) bond motifs is 3. The maximum Gasteiger partial charge on any atom is 0.202 e. The van der Waals surface area contributed by atoms with Crippen LogP contribution in [0.3, 0.4) is 0 Å². The smallest absolute Gasteiger partial charge is 0.202 e. The van der Waals surface area contributed by atoms with Crippen molar-refractivity contribution in [1.29, 1.82) is 5.41 Å². The summed E-state index contributed by atoms with van der Waals surface area (Å²) in [6.07, 6.45) is 0.474. The maximum absolute atomic E-state index is 13.6. The SMILES string of the molecule is CN(C)[C@@H]1C(=O)C(C=N)=C(O)[C@@]2(O)C(=O)C3=C(O)c4c(O)cccc4[C@@](C)(O)C3C[C@@H]12. The summed E-state index contributed by atoms with van der Waals surface area (Å²) in [5.41, 5.74) is -5.03. The molecule has 5 atom stereocenters. The Morgan fingerprint density at radius 1 is 1.16 bits per heavy atom. The van der Waals surface area contributed by atoms with Crippen molar-refractivity contribution in [1.82, 2.24) is 4.90 Å². The summed E-state index contributed by atoms with van der Waals surface area (Å²) in [5.74, 6) is -5.73. The Labute approximate surface area is 178 Å². The average Bonchev–Trinajstić information content (AvgIpc) is 2.69. The lowest BCUT2D eigenvalue weighted by Crippen LogP contribution is -2.66. The summed E-state index contributed by atoms with van der Waals surface area (Å²) < 4.78 is 0. The molecule has 1 saturated carbocycles. The van der Waals surface area contributed by atoms with Crippen LogP contribution in [0.25, 0.3) is 5.76 Å². The van der Waals surface area contributed by atoms with Crippen LogP contribution in [0, 0.1) is 17.2 Å². The van der Waals surface area contributed by atoms with Gasteiger partial charge in [-0.2, -0.15) is 0 Å². The van der Waals surface area contributed by atoms with Gasteiger partial charge in [-0.1, -0.05) is 12.1 Å². The predicted octanol–water partition coefficient (Wildman–Crippen LogP) is 0.793. The first kappa shape index (κ1) is 21.2. The van der Waals surface area contributed by atoms with Gasteiger partial charge in [-0.05, 0) is 39.1 Å². The molecule has 0 bridgehead atoms. The summed E-state index contributed by atoms with van der Waals surface area (Å²) in [6, 6.07) is 3.27. The highest BCUT2D eigenvalue weighted by Gasteiger charge is 2.65. The molecule has 0 heterocycles. The number of ketones is 2. The number of nitrogens with one attached hydrogen (secondary N) is 1. The van der Waals surface area contributed by atoms with Gasteiger partial charge in [-0.15, -0.1) is 0 Å². The third-order valence-corrected chi connectivity index (χ3v) is 6.96. The van der Waals surface area contributed by atoms with Crippen molar-refractivity contribution in [2.24, 2.45) is 11.8 Å². The Balaban J connectivity index is 2.04. The minimum absolute atomic E-state index is 0.117. The third kappa shape index (κ3) is 2.45. The summed E-state index contributed by atoms with van der Waals surface area (Å²) in [4.78, 5) is 28.1. The molecule has 0 aromatic heterocycles. The van der Waals surface area contributed by atoms with Crippen molar-refractivity contribution in [2.75, 3.05) is 14.1 Å². The Morgan fingerprint density at radius 3 is 2.39 bits per heavy atom. The van der Waals surface area contributed by atoms with Crippen LogP contribution in [0.15, 0.2) is 35.1 Å². The second-order valence-corrected chi connectivity index (χ2v) is 8.78. The fourth-order valence-electron chi connectivity index (χ4n) is 5.43. The van der Waals surface area contributed by atoms with E-state index in [0.717, 1.165) is 0 Å². The highest BCUT2D eigenvalue weighted by atomic mass is 16.3. The van der Waals surface area contributed by atoms with E-state index in [-0.39, 0.29) is 28.9 Å². The molecule has 3 aliphatic rings. The van der Waals surface area contributed by atoms with Crippen molar-refractivity contribution >= 4 is 23.5 Å². The summed E-state index contributed by atoms with van der Waals surface area (Å²) in [5, 5.41) is 62.4. The van der Waals surface area contributed by atoms with E-state index in [1.807, 2.05) is 0 Å². The van der Waals surface area contributed by atoms with E-state index in [9.17, 15) is 35.1 Å². The number of phenolic OH excluding ortho intramolecular Hbond substituents is 1. The van der Waals surface area contributed by atoms with Gasteiger partial charge < -0.3 is 30.9 Å². The van der Waals surface area contributed by atoms with Crippen molar-refractivity contribution < 1.29 is 35.1 Å². The highest BCUT2D eigenvalue weighted by Crippen LogP contribution is 2.57. The van der Waals surface area contributed by atoms with Crippen LogP contribution in [0.2, 0.25) is 0 Å². The van der Waals surface area contributed by atoms with Crippen LogP contribution in [-0.4, -0.2) is 74.0 Å². The van der Waals surface area contributed by atoms with Crippen molar-refractivity contribution in [3.05, 3.63) is 46.2 Å². The molecular formula is C22H24N2O7. The Morgan fingerprint density at radius 2 is 1.81 bits per heavy atom. The number of hydrogen-bond acceptors (Lipinski definition) is 9. The number of carbonyl (C=O) groups excluding carboxylic acids is 2. The number of Topliss-reactive ketones (excluding diaryl/α,β-unsaturated/α-hetero) is 2. The molecule has 4 rings (SSSR count). The first-order chi connectivity index (χ1) is 14.4. The molecule has 1 aromatic rings. The zero-order valence-electron chi connectivity index (χ0n) is 17.2. The van der Waals surface area contributed by atoms with Gasteiger partial charge in [-0.3, -0.25) is 14.5 Å². The number of likely N-dealkylation sites (N-methyl/N-ethyl adjacent to an activating group) is 1. The van der Waals surface area contributed by atoms with Gasteiger partial charge >= 0.3 is 0 Å². The number of rotatable bonds is 2. The minimum atomic E-state index is -2.58. The van der Waals surface area contributed by atoms with Crippen molar-refractivity contribution in [2.45, 2.75) is 30.6 Å². The molecule has 1 fully saturated rings. The zero-order chi connectivity index (χ0) is 23.0. The molecule has 164 valence electrons. The third-order valence-electron chi connectivity index (χ3n) is 6.96. The normalized spacial score (nSPS) is 35.1. The largest absolute Gasteiger partial charge is 0.508 e. The lowest BCUT2D eigenvalue weighted by Gasteiger charge is -2.53. The van der Waals surface area contributed by atoms with Crippen molar-refractivity contribution in [3.8, 4) is 5.75 Å². The van der Waals surface area contributed by atoms with E-state index in [2.05, 4.69) is 0 Å². The van der Waals surface area contributed by atoms with Gasteiger partial charge in [0.2, 0.25) is 5.78 Å². The van der Waals surface area contributed by atoms with Gasteiger partial charge in [-0.25, -0.2) is 0 Å². The second-order valence-electron chi connectivity index (χ2n) is 8.78. The number of benzene rings is 1. The van der Waals surface area contributed by atoms with E-state index in [4.69, 9.17) is 5.41 Å². The number of aliphatic hydroxyl groups is 4. The van der Waals surface area contributed by atoms with E-state index in [0.29, 0.717) is 6.21 Å². The van der Waals surface area contributed by atoms with E-state index >= 15 is 0 Å². The number of hydrogen-bond donors (Lipinski definition) is 6. The van der Waals surface area contributed by atoms with E-state index in [1.165, 1.54) is 30.0 Å². The van der Waals surface area contributed by atoms with Crippen LogP contribution >= 0.6 is 0 Å². The molecule has 0 radical (unpaired) electrons. The molecule has 6 N–H and O–H groups in total. The molecule has 1 unspecified atom stereocenters. The number of carbonyl (C=O) groups is 2. The molecule has 3 aliphatic carbocycles. The number of nitrogens with zero attached hydrogens (tertiary/aromatic N) is 1.